The van der Waals surface area contributed by atoms with Crippen LogP contribution in [0.15, 0.2) is 36.4 Å². The Morgan fingerprint density at radius 3 is 2.64 bits per heavy atom. The highest BCUT2D eigenvalue weighted by atomic mass is 19.1. The molecule has 4 nitrogen and oxygen atoms in total. The smallest absolute Gasteiger partial charge is 0.340 e. The van der Waals surface area contributed by atoms with Gasteiger partial charge in [0, 0.05) is 6.54 Å². The molecular weight excluding hydrogens is 321 g/mol. The minimum atomic E-state index is -0.546. The molecule has 2 aromatic rings. The van der Waals surface area contributed by atoms with Gasteiger partial charge in [0.1, 0.15) is 5.82 Å². The zero-order valence-electron chi connectivity index (χ0n) is 14.5. The summed E-state index contributed by atoms with van der Waals surface area (Å²) in [4.78, 5) is 25.2. The average molecular weight is 341 g/mol. The molecule has 0 atom stereocenters. The second-order valence-corrected chi connectivity index (χ2v) is 6.25. The lowest BCUT2D eigenvalue weighted by atomic mass is 10.0. The lowest BCUT2D eigenvalue weighted by Gasteiger charge is -2.09. The summed E-state index contributed by atoms with van der Waals surface area (Å²) in [5.74, 6) is -1.32. The van der Waals surface area contributed by atoms with Crippen LogP contribution < -0.4 is 0 Å². The first kappa shape index (κ1) is 17.1. The van der Waals surface area contributed by atoms with Crippen molar-refractivity contribution in [1.82, 2.24) is 4.57 Å². The minimum Gasteiger partial charge on any atom is -0.459 e. The highest BCUT2D eigenvalue weighted by Gasteiger charge is 2.30. The van der Waals surface area contributed by atoms with Gasteiger partial charge in [0.25, 0.3) is 0 Å². The van der Waals surface area contributed by atoms with E-state index in [1.807, 2.05) is 13.0 Å². The SMILES string of the molecule is CCc1cc2n(c1C(=O)c1ccccc1F)CC=C2C(=O)OC(C)C. The molecule has 0 aliphatic carbocycles. The van der Waals surface area contributed by atoms with Crippen molar-refractivity contribution in [3.63, 3.8) is 0 Å². The summed E-state index contributed by atoms with van der Waals surface area (Å²) in [5.41, 5.74) is 2.38. The van der Waals surface area contributed by atoms with E-state index in [1.54, 1.807) is 36.6 Å². The van der Waals surface area contributed by atoms with Crippen LogP contribution in [0.3, 0.4) is 0 Å². The molecule has 3 rings (SSSR count). The Kier molecular flexibility index (Phi) is 4.57. The van der Waals surface area contributed by atoms with Crippen LogP contribution >= 0.6 is 0 Å². The van der Waals surface area contributed by atoms with Gasteiger partial charge in [-0.2, -0.15) is 0 Å². The predicted molar refractivity (Wildman–Crippen MR) is 92.8 cm³/mol. The number of benzene rings is 1. The van der Waals surface area contributed by atoms with Gasteiger partial charge in [-0.05, 0) is 50.1 Å². The van der Waals surface area contributed by atoms with Gasteiger partial charge in [-0.1, -0.05) is 19.1 Å². The lowest BCUT2D eigenvalue weighted by Crippen LogP contribution is -2.14. The number of aryl methyl sites for hydroxylation is 1. The Bertz CT molecular complexity index is 877. The normalized spacial score (nSPS) is 12.9. The largest absolute Gasteiger partial charge is 0.459 e. The van der Waals surface area contributed by atoms with Crippen LogP contribution in [-0.2, 0) is 22.5 Å². The van der Waals surface area contributed by atoms with Gasteiger partial charge in [-0.25, -0.2) is 9.18 Å². The molecule has 1 aromatic carbocycles. The summed E-state index contributed by atoms with van der Waals surface area (Å²) in [6.45, 7) is 5.90. The van der Waals surface area contributed by atoms with Crippen molar-refractivity contribution in [1.29, 1.82) is 0 Å². The van der Waals surface area contributed by atoms with Crippen LogP contribution in [0.25, 0.3) is 5.57 Å². The zero-order valence-corrected chi connectivity index (χ0v) is 14.5. The van der Waals surface area contributed by atoms with Gasteiger partial charge in [0.2, 0.25) is 5.78 Å². The third kappa shape index (κ3) is 3.02. The number of carbonyl (C=O) groups excluding carboxylic acids is 2. The van der Waals surface area contributed by atoms with Gasteiger partial charge < -0.3 is 9.30 Å². The van der Waals surface area contributed by atoms with Crippen molar-refractivity contribution in [3.8, 4) is 0 Å². The molecule has 25 heavy (non-hydrogen) atoms. The van der Waals surface area contributed by atoms with E-state index >= 15 is 0 Å². The van der Waals surface area contributed by atoms with Gasteiger partial charge in [-0.3, -0.25) is 4.79 Å². The van der Waals surface area contributed by atoms with E-state index in [1.165, 1.54) is 12.1 Å². The topological polar surface area (TPSA) is 48.3 Å². The summed E-state index contributed by atoms with van der Waals surface area (Å²) in [6.07, 6.45) is 2.14. The summed E-state index contributed by atoms with van der Waals surface area (Å²) in [6, 6.07) is 7.77. The molecule has 1 aliphatic heterocycles. The highest BCUT2D eigenvalue weighted by Crippen LogP contribution is 2.31. The number of nitrogens with zero attached hydrogens (tertiary/aromatic N) is 1. The van der Waals surface area contributed by atoms with Crippen molar-refractivity contribution in [2.75, 3.05) is 0 Å². The van der Waals surface area contributed by atoms with Crippen LogP contribution in [-0.4, -0.2) is 22.4 Å². The number of fused-ring (bicyclic) bond motifs is 1. The van der Waals surface area contributed by atoms with E-state index in [-0.39, 0.29) is 17.5 Å². The van der Waals surface area contributed by atoms with Gasteiger partial charge in [0.05, 0.1) is 28.6 Å². The molecule has 0 N–H and O–H groups in total. The fraction of sp³-hybridized carbons (Fsp3) is 0.300. The third-order valence-corrected chi connectivity index (χ3v) is 4.21. The molecule has 1 aromatic heterocycles. The summed E-state index contributed by atoms with van der Waals surface area (Å²) < 4.78 is 21.1. The molecule has 0 fully saturated rings. The second kappa shape index (κ2) is 6.67. The van der Waals surface area contributed by atoms with Crippen LogP contribution in [0.4, 0.5) is 4.39 Å². The zero-order chi connectivity index (χ0) is 18.1. The first-order valence-corrected chi connectivity index (χ1v) is 8.37. The maximum atomic E-state index is 14.1. The van der Waals surface area contributed by atoms with E-state index in [0.717, 1.165) is 5.56 Å². The Labute approximate surface area is 145 Å². The second-order valence-electron chi connectivity index (χ2n) is 6.25. The monoisotopic (exact) mass is 341 g/mol. The number of halogens is 1. The number of ketones is 1. The van der Waals surface area contributed by atoms with E-state index in [2.05, 4.69) is 0 Å². The third-order valence-electron chi connectivity index (χ3n) is 4.21. The molecule has 0 saturated carbocycles. The van der Waals surface area contributed by atoms with Gasteiger partial charge >= 0.3 is 5.97 Å². The lowest BCUT2D eigenvalue weighted by molar-refractivity contribution is -0.140. The molecule has 0 saturated heterocycles. The Morgan fingerprint density at radius 1 is 1.28 bits per heavy atom. The molecule has 1 aliphatic rings. The molecule has 0 amide bonds. The number of carbonyl (C=O) groups is 2. The van der Waals surface area contributed by atoms with Crippen LogP contribution in [0, 0.1) is 5.82 Å². The van der Waals surface area contributed by atoms with Crippen LogP contribution in [0.1, 0.15) is 48.1 Å². The fourth-order valence-corrected chi connectivity index (χ4v) is 3.08. The van der Waals surface area contributed by atoms with Gasteiger partial charge in [0.15, 0.2) is 0 Å². The predicted octanol–water partition coefficient (Wildman–Crippen LogP) is 3.77. The highest BCUT2D eigenvalue weighted by molar-refractivity contribution is 6.18. The molecular formula is C20H20FNO3. The first-order chi connectivity index (χ1) is 11.9. The molecule has 0 radical (unpaired) electrons. The van der Waals surface area contributed by atoms with Crippen LogP contribution in [0.2, 0.25) is 0 Å². The summed E-state index contributed by atoms with van der Waals surface area (Å²) in [5, 5.41) is 0. The molecule has 0 unspecified atom stereocenters. The molecule has 0 spiro atoms. The Morgan fingerprint density at radius 2 is 2.00 bits per heavy atom. The van der Waals surface area contributed by atoms with E-state index < -0.39 is 11.8 Å². The van der Waals surface area contributed by atoms with E-state index in [0.29, 0.717) is 29.9 Å². The average Bonchev–Trinajstić information content (AvgIpc) is 3.12. The molecule has 2 heterocycles. The molecule has 0 bridgehead atoms. The van der Waals surface area contributed by atoms with E-state index in [9.17, 15) is 14.0 Å². The minimum absolute atomic E-state index is 0.0382. The number of hydrogen-bond acceptors (Lipinski definition) is 3. The fourth-order valence-electron chi connectivity index (χ4n) is 3.08. The van der Waals surface area contributed by atoms with Crippen molar-refractivity contribution in [2.24, 2.45) is 0 Å². The Balaban J connectivity index is 2.03. The quantitative estimate of drug-likeness (QED) is 0.614. The number of esters is 1. The number of ether oxygens (including phenoxy) is 1. The number of rotatable bonds is 5. The molecule has 5 heteroatoms. The standard InChI is InChI=1S/C20H20FNO3/c1-4-13-11-17-15(20(24)25-12(2)3)9-10-22(17)18(13)19(23)14-7-5-6-8-16(14)21/h5-9,11-12H,4,10H2,1-3H3. The maximum Gasteiger partial charge on any atom is 0.340 e. The number of aromatic nitrogens is 1. The van der Waals surface area contributed by atoms with Crippen molar-refractivity contribution in [3.05, 3.63) is 64.7 Å². The van der Waals surface area contributed by atoms with E-state index in [4.69, 9.17) is 4.74 Å². The van der Waals surface area contributed by atoms with Crippen LogP contribution in [0.5, 0.6) is 0 Å². The van der Waals surface area contributed by atoms with Gasteiger partial charge in [-0.15, -0.1) is 0 Å². The number of hydrogen-bond donors (Lipinski definition) is 0. The molecule has 130 valence electrons. The number of allylic oxidation sites excluding steroid dienone is 1. The van der Waals surface area contributed by atoms with Crippen molar-refractivity contribution < 1.29 is 18.7 Å². The summed E-state index contributed by atoms with van der Waals surface area (Å²) in [7, 11) is 0. The van der Waals surface area contributed by atoms with Crippen molar-refractivity contribution >= 4 is 17.3 Å². The Hall–Kier alpha value is -2.69. The summed E-state index contributed by atoms with van der Waals surface area (Å²) >= 11 is 0. The first-order valence-electron chi connectivity index (χ1n) is 8.37. The van der Waals surface area contributed by atoms with Crippen molar-refractivity contribution in [2.45, 2.75) is 39.8 Å². The maximum absolute atomic E-state index is 14.1.